The maximum Gasteiger partial charge on any atom is 0.307 e. The third kappa shape index (κ3) is 2.75. The molecule has 0 spiro atoms. The molecule has 19 heavy (non-hydrogen) atoms. The number of carbonyl (C=O) groups is 2. The van der Waals surface area contributed by atoms with Crippen LogP contribution in [0.1, 0.15) is 19.4 Å². The Morgan fingerprint density at radius 3 is 2.68 bits per heavy atom. The summed E-state index contributed by atoms with van der Waals surface area (Å²) < 4.78 is 0. The van der Waals surface area contributed by atoms with Gasteiger partial charge in [0.15, 0.2) is 0 Å². The van der Waals surface area contributed by atoms with E-state index in [1.165, 1.54) is 0 Å². The van der Waals surface area contributed by atoms with Gasteiger partial charge in [-0.3, -0.25) is 14.6 Å². The van der Waals surface area contributed by atoms with Crippen molar-refractivity contribution in [2.24, 2.45) is 17.3 Å². The number of aromatic nitrogens is 1. The molecule has 5 heteroatoms. The normalized spacial score (nSPS) is 23.7. The number of hydrogen-bond donors (Lipinski definition) is 2. The highest BCUT2D eigenvalue weighted by molar-refractivity contribution is 5.91. The molecule has 1 heterocycles. The number of nitrogens with one attached hydrogen (secondary N) is 1. The Morgan fingerprint density at radius 1 is 1.42 bits per heavy atom. The van der Waals surface area contributed by atoms with Gasteiger partial charge in [-0.1, -0.05) is 19.9 Å². The van der Waals surface area contributed by atoms with Crippen LogP contribution in [-0.4, -0.2) is 28.5 Å². The number of rotatable bonds is 5. The SMILES string of the molecule is CC1(C)C(C(=O)O)C1C(=O)NCCc1cccnc1. The number of hydrogen-bond acceptors (Lipinski definition) is 3. The summed E-state index contributed by atoms with van der Waals surface area (Å²) in [4.78, 5) is 26.9. The van der Waals surface area contributed by atoms with Gasteiger partial charge in [0.2, 0.25) is 5.91 Å². The molecular weight excluding hydrogens is 244 g/mol. The second kappa shape index (κ2) is 4.99. The van der Waals surface area contributed by atoms with E-state index < -0.39 is 23.2 Å². The van der Waals surface area contributed by atoms with E-state index in [9.17, 15) is 9.59 Å². The van der Waals surface area contributed by atoms with Gasteiger partial charge in [0, 0.05) is 18.9 Å². The lowest BCUT2D eigenvalue weighted by Crippen LogP contribution is -2.29. The van der Waals surface area contributed by atoms with Crippen LogP contribution in [-0.2, 0) is 16.0 Å². The molecule has 1 aliphatic rings. The first-order valence-electron chi connectivity index (χ1n) is 6.34. The van der Waals surface area contributed by atoms with Crippen LogP contribution in [0.2, 0.25) is 0 Å². The molecule has 1 aromatic rings. The molecule has 2 rings (SSSR count). The van der Waals surface area contributed by atoms with Gasteiger partial charge < -0.3 is 10.4 Å². The van der Waals surface area contributed by atoms with E-state index in [1.54, 1.807) is 12.4 Å². The number of carboxylic acids is 1. The summed E-state index contributed by atoms with van der Waals surface area (Å²) in [6.45, 7) is 4.14. The van der Waals surface area contributed by atoms with Crippen molar-refractivity contribution < 1.29 is 14.7 Å². The first-order chi connectivity index (χ1) is 8.94. The van der Waals surface area contributed by atoms with Crippen LogP contribution >= 0.6 is 0 Å². The maximum absolute atomic E-state index is 11.9. The minimum atomic E-state index is -0.891. The molecule has 0 aliphatic heterocycles. The highest BCUT2D eigenvalue weighted by Crippen LogP contribution is 2.58. The van der Waals surface area contributed by atoms with E-state index in [4.69, 9.17) is 5.11 Å². The molecule has 1 saturated carbocycles. The van der Waals surface area contributed by atoms with Crippen LogP contribution in [0.25, 0.3) is 0 Å². The quantitative estimate of drug-likeness (QED) is 0.832. The number of carboxylic acid groups (broad SMARTS) is 1. The Bertz CT molecular complexity index is 485. The monoisotopic (exact) mass is 262 g/mol. The van der Waals surface area contributed by atoms with E-state index in [1.807, 2.05) is 26.0 Å². The van der Waals surface area contributed by atoms with E-state index in [-0.39, 0.29) is 5.91 Å². The molecule has 2 atom stereocenters. The van der Waals surface area contributed by atoms with Crippen molar-refractivity contribution in [2.75, 3.05) is 6.54 Å². The highest BCUT2D eigenvalue weighted by atomic mass is 16.4. The lowest BCUT2D eigenvalue weighted by atomic mass is 10.1. The molecule has 1 fully saturated rings. The largest absolute Gasteiger partial charge is 0.481 e. The number of nitrogens with zero attached hydrogens (tertiary/aromatic N) is 1. The van der Waals surface area contributed by atoms with Crippen molar-refractivity contribution in [2.45, 2.75) is 20.3 Å². The average Bonchev–Trinajstić information content (AvgIpc) is 2.94. The third-order valence-corrected chi connectivity index (χ3v) is 3.81. The molecule has 2 N–H and O–H groups in total. The lowest BCUT2D eigenvalue weighted by Gasteiger charge is -2.05. The summed E-state index contributed by atoms with van der Waals surface area (Å²) in [5.74, 6) is -2.04. The second-order valence-electron chi connectivity index (χ2n) is 5.52. The van der Waals surface area contributed by atoms with Gasteiger partial charge in [-0.25, -0.2) is 0 Å². The molecule has 1 aromatic heterocycles. The van der Waals surface area contributed by atoms with E-state index in [0.717, 1.165) is 5.56 Å². The van der Waals surface area contributed by atoms with Crippen LogP contribution in [0.15, 0.2) is 24.5 Å². The zero-order valence-corrected chi connectivity index (χ0v) is 11.1. The van der Waals surface area contributed by atoms with E-state index in [2.05, 4.69) is 10.3 Å². The average molecular weight is 262 g/mol. The Labute approximate surface area is 112 Å². The summed E-state index contributed by atoms with van der Waals surface area (Å²) in [5, 5.41) is 11.8. The lowest BCUT2D eigenvalue weighted by molar-refractivity contribution is -0.140. The number of carbonyl (C=O) groups excluding carboxylic acids is 1. The molecule has 0 radical (unpaired) electrons. The van der Waals surface area contributed by atoms with Gasteiger partial charge in [-0.15, -0.1) is 0 Å². The minimum Gasteiger partial charge on any atom is -0.481 e. The molecule has 0 saturated heterocycles. The predicted octanol–water partition coefficient (Wildman–Crippen LogP) is 1.10. The Balaban J connectivity index is 1.82. The third-order valence-electron chi connectivity index (χ3n) is 3.81. The van der Waals surface area contributed by atoms with Crippen LogP contribution in [0.3, 0.4) is 0 Å². The minimum absolute atomic E-state index is 0.165. The number of amides is 1. The van der Waals surface area contributed by atoms with Crippen molar-refractivity contribution in [3.05, 3.63) is 30.1 Å². The first-order valence-corrected chi connectivity index (χ1v) is 6.34. The van der Waals surface area contributed by atoms with E-state index >= 15 is 0 Å². The summed E-state index contributed by atoms with van der Waals surface area (Å²) in [6.07, 6.45) is 4.16. The zero-order chi connectivity index (χ0) is 14.0. The van der Waals surface area contributed by atoms with Crippen LogP contribution in [0.4, 0.5) is 0 Å². The van der Waals surface area contributed by atoms with Crippen molar-refractivity contribution in [1.29, 1.82) is 0 Å². The fraction of sp³-hybridized carbons (Fsp3) is 0.500. The summed E-state index contributed by atoms with van der Waals surface area (Å²) in [5.41, 5.74) is 0.608. The fourth-order valence-corrected chi connectivity index (χ4v) is 2.57. The summed E-state index contributed by atoms with van der Waals surface area (Å²) >= 11 is 0. The number of pyridine rings is 1. The van der Waals surface area contributed by atoms with Gasteiger partial charge in [-0.2, -0.15) is 0 Å². The molecule has 1 amide bonds. The van der Waals surface area contributed by atoms with Crippen molar-refractivity contribution in [1.82, 2.24) is 10.3 Å². The predicted molar refractivity (Wildman–Crippen MR) is 69.3 cm³/mol. The standard InChI is InChI=1S/C14H18N2O3/c1-14(2)10(11(14)13(18)19)12(17)16-7-5-9-4-3-6-15-8-9/h3-4,6,8,10-11H,5,7H2,1-2H3,(H,16,17)(H,18,19). The Morgan fingerprint density at radius 2 is 2.16 bits per heavy atom. The van der Waals surface area contributed by atoms with Crippen LogP contribution in [0, 0.1) is 17.3 Å². The molecular formula is C14H18N2O3. The van der Waals surface area contributed by atoms with E-state index in [0.29, 0.717) is 13.0 Å². The maximum atomic E-state index is 11.9. The fourth-order valence-electron chi connectivity index (χ4n) is 2.57. The molecule has 102 valence electrons. The smallest absolute Gasteiger partial charge is 0.307 e. The molecule has 1 aliphatic carbocycles. The van der Waals surface area contributed by atoms with Gasteiger partial charge in [0.1, 0.15) is 0 Å². The zero-order valence-electron chi connectivity index (χ0n) is 11.1. The second-order valence-corrected chi connectivity index (χ2v) is 5.52. The highest BCUT2D eigenvalue weighted by Gasteiger charge is 2.65. The van der Waals surface area contributed by atoms with Gasteiger partial charge in [0.25, 0.3) is 0 Å². The Hall–Kier alpha value is -1.91. The summed E-state index contributed by atoms with van der Waals surface area (Å²) in [7, 11) is 0. The van der Waals surface area contributed by atoms with Crippen molar-refractivity contribution in [3.8, 4) is 0 Å². The van der Waals surface area contributed by atoms with Crippen molar-refractivity contribution in [3.63, 3.8) is 0 Å². The van der Waals surface area contributed by atoms with Crippen molar-refractivity contribution >= 4 is 11.9 Å². The van der Waals surface area contributed by atoms with Crippen LogP contribution in [0.5, 0.6) is 0 Å². The van der Waals surface area contributed by atoms with Crippen LogP contribution < -0.4 is 5.32 Å². The topological polar surface area (TPSA) is 79.3 Å². The van der Waals surface area contributed by atoms with Gasteiger partial charge in [-0.05, 0) is 23.5 Å². The molecule has 0 aromatic carbocycles. The number of aliphatic carboxylic acids is 1. The molecule has 2 unspecified atom stereocenters. The Kier molecular flexibility index (Phi) is 3.55. The molecule has 5 nitrogen and oxygen atoms in total. The molecule has 0 bridgehead atoms. The van der Waals surface area contributed by atoms with Gasteiger partial charge in [0.05, 0.1) is 11.8 Å². The summed E-state index contributed by atoms with van der Waals surface area (Å²) in [6, 6.07) is 3.79. The van der Waals surface area contributed by atoms with Gasteiger partial charge >= 0.3 is 5.97 Å². The first kappa shape index (κ1) is 13.5.